The molecule has 0 aliphatic carbocycles. The quantitative estimate of drug-likeness (QED) is 0.751. The number of carbonyl (C=O) groups is 1. The fourth-order valence-corrected chi connectivity index (χ4v) is 2.27. The van der Waals surface area contributed by atoms with E-state index in [4.69, 9.17) is 4.42 Å². The summed E-state index contributed by atoms with van der Waals surface area (Å²) < 4.78 is 5.23. The van der Waals surface area contributed by atoms with Crippen molar-refractivity contribution in [2.75, 3.05) is 10.6 Å². The molecule has 2 heterocycles. The van der Waals surface area contributed by atoms with Crippen molar-refractivity contribution in [1.29, 1.82) is 0 Å². The molecule has 1 amide bonds. The molecule has 0 saturated heterocycles. The average Bonchev–Trinajstić information content (AvgIpc) is 3.09. The van der Waals surface area contributed by atoms with Gasteiger partial charge < -0.3 is 15.1 Å². The SMILES string of the molecule is Cc1ccc(NC(=O)c2cnc(NCc3ccco3)cn2)c(C)c1. The van der Waals surface area contributed by atoms with E-state index in [9.17, 15) is 4.79 Å². The van der Waals surface area contributed by atoms with Crippen molar-refractivity contribution in [2.45, 2.75) is 20.4 Å². The summed E-state index contributed by atoms with van der Waals surface area (Å²) in [4.78, 5) is 20.6. The van der Waals surface area contributed by atoms with Crippen LogP contribution in [0.15, 0.2) is 53.4 Å². The van der Waals surface area contributed by atoms with Gasteiger partial charge >= 0.3 is 0 Å². The van der Waals surface area contributed by atoms with Crippen molar-refractivity contribution in [2.24, 2.45) is 0 Å². The van der Waals surface area contributed by atoms with Crippen molar-refractivity contribution in [1.82, 2.24) is 9.97 Å². The number of benzene rings is 1. The third-order valence-corrected chi connectivity index (χ3v) is 3.54. The maximum atomic E-state index is 12.3. The summed E-state index contributed by atoms with van der Waals surface area (Å²) in [7, 11) is 0. The first-order valence-electron chi connectivity index (χ1n) is 7.59. The number of hydrogen-bond donors (Lipinski definition) is 2. The summed E-state index contributed by atoms with van der Waals surface area (Å²) >= 11 is 0. The molecule has 0 atom stereocenters. The average molecular weight is 322 g/mol. The van der Waals surface area contributed by atoms with Crippen LogP contribution in [0.25, 0.3) is 0 Å². The molecule has 0 unspecified atom stereocenters. The molecule has 24 heavy (non-hydrogen) atoms. The molecular formula is C18H18N4O2. The molecule has 2 N–H and O–H groups in total. The third kappa shape index (κ3) is 3.78. The van der Waals surface area contributed by atoms with E-state index in [2.05, 4.69) is 20.6 Å². The Labute approximate surface area is 140 Å². The van der Waals surface area contributed by atoms with E-state index in [1.807, 2.05) is 44.2 Å². The highest BCUT2D eigenvalue weighted by Crippen LogP contribution is 2.17. The number of nitrogens with one attached hydrogen (secondary N) is 2. The summed E-state index contributed by atoms with van der Waals surface area (Å²) in [5.74, 6) is 1.09. The number of hydrogen-bond acceptors (Lipinski definition) is 5. The zero-order valence-electron chi connectivity index (χ0n) is 13.5. The van der Waals surface area contributed by atoms with E-state index in [-0.39, 0.29) is 11.6 Å². The Bertz CT molecular complexity index is 827. The van der Waals surface area contributed by atoms with E-state index < -0.39 is 0 Å². The van der Waals surface area contributed by atoms with Gasteiger partial charge in [0.1, 0.15) is 17.3 Å². The lowest BCUT2D eigenvalue weighted by Gasteiger charge is -2.09. The second-order valence-electron chi connectivity index (χ2n) is 5.49. The minimum absolute atomic E-state index is 0.263. The van der Waals surface area contributed by atoms with Gasteiger partial charge in [-0.15, -0.1) is 0 Å². The van der Waals surface area contributed by atoms with Gasteiger partial charge in [-0.3, -0.25) is 4.79 Å². The van der Waals surface area contributed by atoms with E-state index in [0.717, 1.165) is 22.6 Å². The van der Waals surface area contributed by atoms with Gasteiger partial charge in [0.25, 0.3) is 5.91 Å². The van der Waals surface area contributed by atoms with Crippen LogP contribution in [-0.4, -0.2) is 15.9 Å². The lowest BCUT2D eigenvalue weighted by atomic mass is 10.1. The van der Waals surface area contributed by atoms with Crippen LogP contribution in [0.3, 0.4) is 0 Å². The van der Waals surface area contributed by atoms with E-state index in [1.54, 1.807) is 6.26 Å². The maximum Gasteiger partial charge on any atom is 0.275 e. The van der Waals surface area contributed by atoms with Crippen molar-refractivity contribution in [3.05, 3.63) is 71.6 Å². The van der Waals surface area contributed by atoms with Crippen LogP contribution < -0.4 is 10.6 Å². The Kier molecular flexibility index (Phi) is 4.56. The molecule has 0 radical (unpaired) electrons. The summed E-state index contributed by atoms with van der Waals surface area (Å²) in [5.41, 5.74) is 3.19. The number of aromatic nitrogens is 2. The van der Waals surface area contributed by atoms with Gasteiger partial charge in [-0.05, 0) is 37.6 Å². The number of anilines is 2. The fraction of sp³-hybridized carbons (Fsp3) is 0.167. The van der Waals surface area contributed by atoms with Crippen LogP contribution in [0.2, 0.25) is 0 Å². The Hall–Kier alpha value is -3.15. The number of amides is 1. The minimum Gasteiger partial charge on any atom is -0.467 e. The minimum atomic E-state index is -0.285. The normalized spacial score (nSPS) is 10.4. The van der Waals surface area contributed by atoms with Crippen LogP contribution in [0.4, 0.5) is 11.5 Å². The number of furan rings is 1. The monoisotopic (exact) mass is 322 g/mol. The summed E-state index contributed by atoms with van der Waals surface area (Å²) in [6.45, 7) is 4.48. The van der Waals surface area contributed by atoms with E-state index >= 15 is 0 Å². The third-order valence-electron chi connectivity index (χ3n) is 3.54. The standard InChI is InChI=1S/C18H18N4O2/c1-12-5-6-15(13(2)8-12)22-18(23)16-10-21-17(11-19-16)20-9-14-4-3-7-24-14/h3-8,10-11H,9H2,1-2H3,(H,20,21)(H,22,23). The summed E-state index contributed by atoms with van der Waals surface area (Å²) in [5, 5.41) is 5.93. The molecule has 0 bridgehead atoms. The summed E-state index contributed by atoms with van der Waals surface area (Å²) in [6.07, 6.45) is 4.59. The molecule has 0 aliphatic rings. The second-order valence-corrected chi connectivity index (χ2v) is 5.49. The molecule has 6 nitrogen and oxygen atoms in total. The predicted molar refractivity (Wildman–Crippen MR) is 91.9 cm³/mol. The van der Waals surface area contributed by atoms with Gasteiger partial charge in [-0.2, -0.15) is 0 Å². The highest BCUT2D eigenvalue weighted by molar-refractivity contribution is 6.03. The lowest BCUT2D eigenvalue weighted by molar-refractivity contribution is 0.102. The Morgan fingerprint density at radius 1 is 1.17 bits per heavy atom. The van der Waals surface area contributed by atoms with Crippen molar-refractivity contribution in [3.8, 4) is 0 Å². The van der Waals surface area contributed by atoms with Gasteiger partial charge in [0.05, 0.1) is 25.2 Å². The number of aryl methyl sites for hydroxylation is 2. The van der Waals surface area contributed by atoms with Crippen LogP contribution in [-0.2, 0) is 6.54 Å². The highest BCUT2D eigenvalue weighted by atomic mass is 16.3. The van der Waals surface area contributed by atoms with Crippen molar-refractivity contribution in [3.63, 3.8) is 0 Å². The number of rotatable bonds is 5. The van der Waals surface area contributed by atoms with Crippen molar-refractivity contribution < 1.29 is 9.21 Å². The van der Waals surface area contributed by atoms with E-state index in [1.165, 1.54) is 12.4 Å². The lowest BCUT2D eigenvalue weighted by Crippen LogP contribution is -2.15. The van der Waals surface area contributed by atoms with Gasteiger partial charge in [0.2, 0.25) is 0 Å². The predicted octanol–water partition coefficient (Wildman–Crippen LogP) is 3.55. The van der Waals surface area contributed by atoms with Crippen molar-refractivity contribution >= 4 is 17.4 Å². The first-order valence-corrected chi connectivity index (χ1v) is 7.59. The topological polar surface area (TPSA) is 80.0 Å². The van der Waals surface area contributed by atoms with Gasteiger partial charge in [0, 0.05) is 5.69 Å². The smallest absolute Gasteiger partial charge is 0.275 e. The molecule has 3 rings (SSSR count). The maximum absolute atomic E-state index is 12.3. The first kappa shape index (κ1) is 15.7. The molecule has 0 aliphatic heterocycles. The van der Waals surface area contributed by atoms with Crippen LogP contribution >= 0.6 is 0 Å². The molecule has 6 heteroatoms. The van der Waals surface area contributed by atoms with E-state index in [0.29, 0.717) is 12.4 Å². The van der Waals surface area contributed by atoms with Crippen LogP contribution in [0.5, 0.6) is 0 Å². The zero-order valence-corrected chi connectivity index (χ0v) is 13.5. The Morgan fingerprint density at radius 3 is 2.71 bits per heavy atom. The number of carbonyl (C=O) groups excluding carboxylic acids is 1. The molecular weight excluding hydrogens is 304 g/mol. The van der Waals surface area contributed by atoms with Gasteiger partial charge in [-0.25, -0.2) is 9.97 Å². The van der Waals surface area contributed by atoms with Crippen LogP contribution in [0.1, 0.15) is 27.4 Å². The number of nitrogens with zero attached hydrogens (tertiary/aromatic N) is 2. The Morgan fingerprint density at radius 2 is 2.04 bits per heavy atom. The molecule has 122 valence electrons. The van der Waals surface area contributed by atoms with Gasteiger partial charge in [0.15, 0.2) is 0 Å². The molecule has 0 fully saturated rings. The second kappa shape index (κ2) is 6.95. The summed E-state index contributed by atoms with van der Waals surface area (Å²) in [6, 6.07) is 9.55. The largest absolute Gasteiger partial charge is 0.467 e. The van der Waals surface area contributed by atoms with Gasteiger partial charge in [-0.1, -0.05) is 17.7 Å². The molecule has 3 aromatic rings. The first-order chi connectivity index (χ1) is 11.6. The fourth-order valence-electron chi connectivity index (χ4n) is 2.27. The van der Waals surface area contributed by atoms with Crippen LogP contribution in [0, 0.1) is 13.8 Å². The highest BCUT2D eigenvalue weighted by Gasteiger charge is 2.10. The molecule has 0 saturated carbocycles. The zero-order chi connectivity index (χ0) is 16.9. The Balaban J connectivity index is 1.63. The molecule has 1 aromatic carbocycles. The molecule has 2 aromatic heterocycles. The molecule has 0 spiro atoms.